The van der Waals surface area contributed by atoms with E-state index in [1.165, 1.54) is 33.4 Å². The van der Waals surface area contributed by atoms with Gasteiger partial charge in [0.2, 0.25) is 0 Å². The molecule has 28 heavy (non-hydrogen) atoms. The predicted octanol–water partition coefficient (Wildman–Crippen LogP) is 2.66. The van der Waals surface area contributed by atoms with E-state index in [9.17, 15) is 9.59 Å². The second kappa shape index (κ2) is 8.12. The van der Waals surface area contributed by atoms with Crippen LogP contribution in [0.4, 0.5) is 10.5 Å². The highest BCUT2D eigenvalue weighted by molar-refractivity contribution is 7.16. The first-order valence-corrected chi connectivity index (χ1v) is 10.3. The van der Waals surface area contributed by atoms with Gasteiger partial charge >= 0.3 is 6.03 Å². The van der Waals surface area contributed by atoms with Gasteiger partial charge in [-0.15, -0.1) is 11.3 Å². The summed E-state index contributed by atoms with van der Waals surface area (Å²) >= 11 is 1.44. The van der Waals surface area contributed by atoms with E-state index < -0.39 is 0 Å². The minimum Gasteiger partial charge on any atom is -0.336 e. The number of nitrogens with zero attached hydrogens (tertiary/aromatic N) is 3. The van der Waals surface area contributed by atoms with Crippen LogP contribution >= 0.6 is 11.3 Å². The first kappa shape index (κ1) is 18.6. The Morgan fingerprint density at radius 2 is 2.18 bits per heavy atom. The minimum atomic E-state index is -0.278. The summed E-state index contributed by atoms with van der Waals surface area (Å²) in [5.41, 5.74) is 3.32. The van der Waals surface area contributed by atoms with E-state index in [-0.39, 0.29) is 11.6 Å². The number of nitrogens with one attached hydrogen (secondary N) is 2. The molecule has 1 aromatic carbocycles. The topological polar surface area (TPSA) is 79.3 Å². The van der Waals surface area contributed by atoms with Crippen LogP contribution in [0.15, 0.2) is 40.8 Å². The van der Waals surface area contributed by atoms with Gasteiger partial charge < -0.3 is 15.5 Å². The number of rotatable bonds is 4. The Labute approximate surface area is 167 Å². The summed E-state index contributed by atoms with van der Waals surface area (Å²) in [6.45, 7) is 2.70. The van der Waals surface area contributed by atoms with Crippen molar-refractivity contribution in [3.05, 3.63) is 57.5 Å². The molecule has 0 saturated heterocycles. The molecule has 146 valence electrons. The van der Waals surface area contributed by atoms with Gasteiger partial charge in [-0.05, 0) is 61.1 Å². The Kier molecular flexibility index (Phi) is 5.40. The van der Waals surface area contributed by atoms with Crippen molar-refractivity contribution >= 4 is 33.3 Å². The number of thiophene rings is 1. The van der Waals surface area contributed by atoms with Crippen molar-refractivity contribution in [2.24, 2.45) is 0 Å². The fourth-order valence-corrected chi connectivity index (χ4v) is 4.25. The molecule has 1 aliphatic rings. The third-order valence-electron chi connectivity index (χ3n) is 4.98. The molecule has 2 N–H and O–H groups in total. The van der Waals surface area contributed by atoms with Crippen LogP contribution in [-0.4, -0.2) is 40.6 Å². The van der Waals surface area contributed by atoms with E-state index in [1.54, 1.807) is 6.07 Å². The van der Waals surface area contributed by atoms with Crippen molar-refractivity contribution in [3.8, 4) is 0 Å². The van der Waals surface area contributed by atoms with Crippen molar-refractivity contribution in [1.82, 2.24) is 19.8 Å². The fraction of sp³-hybridized carbons (Fsp3) is 0.350. The number of amides is 2. The Morgan fingerprint density at radius 1 is 1.29 bits per heavy atom. The average molecular weight is 398 g/mol. The highest BCUT2D eigenvalue weighted by atomic mass is 32.1. The van der Waals surface area contributed by atoms with Crippen molar-refractivity contribution in [3.63, 3.8) is 0 Å². The molecule has 0 radical (unpaired) electrons. The maximum atomic E-state index is 12.3. The molecular formula is C20H23N5O2S. The van der Waals surface area contributed by atoms with Gasteiger partial charge in [-0.25, -0.2) is 9.78 Å². The van der Waals surface area contributed by atoms with Crippen molar-refractivity contribution in [1.29, 1.82) is 0 Å². The zero-order valence-electron chi connectivity index (χ0n) is 15.8. The summed E-state index contributed by atoms with van der Waals surface area (Å²) in [4.78, 5) is 31.9. The molecule has 2 amide bonds. The lowest BCUT2D eigenvalue weighted by molar-refractivity contribution is 0.251. The first-order valence-electron chi connectivity index (χ1n) is 9.38. The van der Waals surface area contributed by atoms with Gasteiger partial charge in [-0.3, -0.25) is 9.36 Å². The van der Waals surface area contributed by atoms with Gasteiger partial charge in [0.05, 0.1) is 11.7 Å². The van der Waals surface area contributed by atoms with E-state index in [1.807, 2.05) is 11.4 Å². The molecule has 0 fully saturated rings. The lowest BCUT2D eigenvalue weighted by Crippen LogP contribution is -2.33. The summed E-state index contributed by atoms with van der Waals surface area (Å²) in [5, 5.41) is 8.16. The second-order valence-electron chi connectivity index (χ2n) is 7.09. The smallest absolute Gasteiger partial charge is 0.319 e. The first-order chi connectivity index (χ1) is 13.6. The van der Waals surface area contributed by atoms with E-state index in [0.29, 0.717) is 18.5 Å². The number of aromatic nitrogens is 2. The Hall–Kier alpha value is -2.71. The molecule has 3 heterocycles. The van der Waals surface area contributed by atoms with Crippen LogP contribution in [0.25, 0.3) is 10.2 Å². The van der Waals surface area contributed by atoms with E-state index in [2.05, 4.69) is 39.7 Å². The van der Waals surface area contributed by atoms with Crippen LogP contribution in [0.5, 0.6) is 0 Å². The maximum absolute atomic E-state index is 12.3. The lowest BCUT2D eigenvalue weighted by Gasteiger charge is -2.15. The van der Waals surface area contributed by atoms with Crippen molar-refractivity contribution in [2.45, 2.75) is 25.9 Å². The van der Waals surface area contributed by atoms with Gasteiger partial charge in [0.15, 0.2) is 0 Å². The number of anilines is 1. The number of benzene rings is 1. The molecule has 0 aliphatic carbocycles. The molecule has 4 rings (SSSR count). The Morgan fingerprint density at radius 3 is 3.07 bits per heavy atom. The molecule has 0 saturated carbocycles. The number of hydrogen-bond donors (Lipinski definition) is 2. The van der Waals surface area contributed by atoms with Crippen molar-refractivity contribution in [2.75, 3.05) is 25.5 Å². The summed E-state index contributed by atoms with van der Waals surface area (Å²) < 4.78 is 1.52. The zero-order chi connectivity index (χ0) is 19.5. The predicted molar refractivity (Wildman–Crippen MR) is 112 cm³/mol. The normalized spacial score (nSPS) is 14.5. The van der Waals surface area contributed by atoms with E-state index in [4.69, 9.17) is 0 Å². The number of fused-ring (bicyclic) bond motifs is 2. The molecule has 0 bridgehead atoms. The largest absolute Gasteiger partial charge is 0.336 e. The molecule has 2 aromatic heterocycles. The molecule has 0 spiro atoms. The van der Waals surface area contributed by atoms with Crippen LogP contribution in [-0.2, 0) is 19.5 Å². The van der Waals surface area contributed by atoms with Gasteiger partial charge in [0.25, 0.3) is 5.56 Å². The SMILES string of the molecule is CN1CCCc2ccc(NC(=O)NCCn3cnc4sccc4c3=O)cc2C1. The Bertz CT molecular complexity index is 1060. The van der Waals surface area contributed by atoms with Crippen LogP contribution in [0, 0.1) is 0 Å². The molecular weight excluding hydrogens is 374 g/mol. The second-order valence-corrected chi connectivity index (χ2v) is 7.98. The Balaban J connectivity index is 1.34. The molecule has 1 aliphatic heterocycles. The van der Waals surface area contributed by atoms with Crippen LogP contribution < -0.4 is 16.2 Å². The standard InChI is InChI=1S/C20H23N5O2S/c1-24-8-2-3-14-4-5-16(11-15(14)12-24)23-20(27)21-7-9-25-13-22-18-17(19(25)26)6-10-28-18/h4-6,10-11,13H,2-3,7-9,12H2,1H3,(H2,21,23,27). The zero-order valence-corrected chi connectivity index (χ0v) is 16.6. The summed E-state index contributed by atoms with van der Waals surface area (Å²) in [6, 6.07) is 7.60. The van der Waals surface area contributed by atoms with E-state index >= 15 is 0 Å². The molecule has 0 atom stereocenters. The average Bonchev–Trinajstić information content (AvgIpc) is 3.07. The third kappa shape index (κ3) is 4.07. The number of hydrogen-bond acceptors (Lipinski definition) is 5. The highest BCUT2D eigenvalue weighted by Gasteiger charge is 2.12. The maximum Gasteiger partial charge on any atom is 0.319 e. The minimum absolute atomic E-state index is 0.0802. The molecule has 3 aromatic rings. The summed E-state index contributed by atoms with van der Waals surface area (Å²) in [5.74, 6) is 0. The van der Waals surface area contributed by atoms with Crippen LogP contribution in [0.2, 0.25) is 0 Å². The monoisotopic (exact) mass is 397 g/mol. The highest BCUT2D eigenvalue weighted by Crippen LogP contribution is 2.21. The number of carbonyl (C=O) groups is 1. The van der Waals surface area contributed by atoms with Gasteiger partial charge in [-0.1, -0.05) is 6.07 Å². The van der Waals surface area contributed by atoms with Gasteiger partial charge in [0, 0.05) is 25.3 Å². The van der Waals surface area contributed by atoms with Gasteiger partial charge in [-0.2, -0.15) is 0 Å². The lowest BCUT2D eigenvalue weighted by atomic mass is 10.0. The number of carbonyl (C=O) groups excluding carboxylic acids is 1. The van der Waals surface area contributed by atoms with Crippen LogP contribution in [0.1, 0.15) is 17.5 Å². The summed E-state index contributed by atoms with van der Waals surface area (Å²) in [6.07, 6.45) is 3.76. The third-order valence-corrected chi connectivity index (χ3v) is 5.80. The molecule has 0 unspecified atom stereocenters. The molecule has 8 heteroatoms. The molecule has 7 nitrogen and oxygen atoms in total. The van der Waals surface area contributed by atoms with E-state index in [0.717, 1.165) is 36.4 Å². The number of urea groups is 1. The fourth-order valence-electron chi connectivity index (χ4n) is 3.52. The summed E-state index contributed by atoms with van der Waals surface area (Å²) in [7, 11) is 2.12. The van der Waals surface area contributed by atoms with Crippen molar-refractivity contribution < 1.29 is 4.79 Å². The van der Waals surface area contributed by atoms with Gasteiger partial charge in [0.1, 0.15) is 4.83 Å². The quantitative estimate of drug-likeness (QED) is 0.709. The van der Waals surface area contributed by atoms with Crippen LogP contribution in [0.3, 0.4) is 0 Å². The number of aryl methyl sites for hydroxylation is 1.